The van der Waals surface area contributed by atoms with Crippen molar-refractivity contribution in [2.45, 2.75) is 20.3 Å². The molecule has 0 bridgehead atoms. The van der Waals surface area contributed by atoms with Crippen molar-refractivity contribution in [1.82, 2.24) is 0 Å². The molecule has 0 heterocycles. The van der Waals surface area contributed by atoms with Gasteiger partial charge in [-0.25, -0.2) is 0 Å². The van der Waals surface area contributed by atoms with E-state index in [2.05, 4.69) is 0 Å². The van der Waals surface area contributed by atoms with E-state index in [0.29, 0.717) is 17.4 Å². The highest BCUT2D eigenvalue weighted by atomic mass is 35.5. The van der Waals surface area contributed by atoms with Gasteiger partial charge in [0.2, 0.25) is 0 Å². The Hall–Kier alpha value is -1.22. The third-order valence-corrected chi connectivity index (χ3v) is 2.87. The molecule has 0 spiro atoms. The van der Waals surface area contributed by atoms with Gasteiger partial charge in [0.05, 0.1) is 13.0 Å². The molecule has 0 aliphatic heterocycles. The lowest BCUT2D eigenvalue weighted by Crippen LogP contribution is -2.21. The van der Waals surface area contributed by atoms with Crippen molar-refractivity contribution < 1.29 is 14.6 Å². The van der Waals surface area contributed by atoms with E-state index < -0.39 is 5.97 Å². The lowest BCUT2D eigenvalue weighted by molar-refractivity contribution is -0.138. The molecule has 0 aromatic heterocycles. The maximum absolute atomic E-state index is 10.7. The SMILES string of the molecule is CC(C)C(COc1cccc(Cl)c1)CC(=O)O. The maximum Gasteiger partial charge on any atom is 0.303 e. The Labute approximate surface area is 106 Å². The number of hydrogen-bond donors (Lipinski definition) is 1. The number of hydrogen-bond acceptors (Lipinski definition) is 2. The fourth-order valence-corrected chi connectivity index (χ4v) is 1.65. The molecule has 1 unspecified atom stereocenters. The molecule has 1 aromatic carbocycles. The highest BCUT2D eigenvalue weighted by Gasteiger charge is 2.17. The summed E-state index contributed by atoms with van der Waals surface area (Å²) in [5, 5.41) is 9.41. The number of aliphatic carboxylic acids is 1. The van der Waals surface area contributed by atoms with Crippen LogP contribution in [0.1, 0.15) is 20.3 Å². The molecule has 94 valence electrons. The van der Waals surface area contributed by atoms with Crippen LogP contribution in [0, 0.1) is 11.8 Å². The van der Waals surface area contributed by atoms with Crippen LogP contribution in [0.5, 0.6) is 5.75 Å². The summed E-state index contributed by atoms with van der Waals surface area (Å²) in [7, 11) is 0. The predicted molar refractivity (Wildman–Crippen MR) is 67.5 cm³/mol. The van der Waals surface area contributed by atoms with Crippen LogP contribution in [0.2, 0.25) is 5.02 Å². The molecule has 1 atom stereocenters. The molecule has 0 saturated carbocycles. The van der Waals surface area contributed by atoms with Gasteiger partial charge in [0.25, 0.3) is 0 Å². The van der Waals surface area contributed by atoms with Crippen LogP contribution >= 0.6 is 11.6 Å². The molecule has 0 fully saturated rings. The van der Waals surface area contributed by atoms with E-state index in [1.54, 1.807) is 18.2 Å². The van der Waals surface area contributed by atoms with Crippen LogP contribution in [0.3, 0.4) is 0 Å². The van der Waals surface area contributed by atoms with Gasteiger partial charge in [0.1, 0.15) is 5.75 Å². The van der Waals surface area contributed by atoms with Crippen molar-refractivity contribution in [3.05, 3.63) is 29.3 Å². The van der Waals surface area contributed by atoms with Gasteiger partial charge in [-0.3, -0.25) is 4.79 Å². The van der Waals surface area contributed by atoms with E-state index in [-0.39, 0.29) is 18.3 Å². The Morgan fingerprint density at radius 2 is 2.18 bits per heavy atom. The van der Waals surface area contributed by atoms with Gasteiger partial charge < -0.3 is 9.84 Å². The fraction of sp³-hybridized carbons (Fsp3) is 0.462. The molecule has 3 nitrogen and oxygen atoms in total. The number of rotatable bonds is 6. The minimum Gasteiger partial charge on any atom is -0.493 e. The van der Waals surface area contributed by atoms with Crippen molar-refractivity contribution >= 4 is 17.6 Å². The average molecular weight is 257 g/mol. The predicted octanol–water partition coefficient (Wildman–Crippen LogP) is 3.47. The minimum absolute atomic E-state index is 0.00600. The molecular weight excluding hydrogens is 240 g/mol. The molecule has 4 heteroatoms. The molecule has 1 N–H and O–H groups in total. The van der Waals surface area contributed by atoms with Gasteiger partial charge in [-0.15, -0.1) is 0 Å². The standard InChI is InChI=1S/C13H17ClO3/c1-9(2)10(6-13(15)16)8-17-12-5-3-4-11(14)7-12/h3-5,7,9-10H,6,8H2,1-2H3,(H,15,16). The fourth-order valence-electron chi connectivity index (χ4n) is 1.47. The number of carbonyl (C=O) groups is 1. The van der Waals surface area contributed by atoms with Gasteiger partial charge in [0.15, 0.2) is 0 Å². The number of carboxylic acids is 1. The van der Waals surface area contributed by atoms with Gasteiger partial charge in [0, 0.05) is 10.9 Å². The first kappa shape index (κ1) is 13.8. The summed E-state index contributed by atoms with van der Waals surface area (Å²) >= 11 is 5.83. The highest BCUT2D eigenvalue weighted by molar-refractivity contribution is 6.30. The summed E-state index contributed by atoms with van der Waals surface area (Å²) in [6.07, 6.45) is 0.123. The van der Waals surface area contributed by atoms with Crippen LogP contribution in [-0.2, 0) is 4.79 Å². The molecule has 0 amide bonds. The molecule has 0 radical (unpaired) electrons. The normalized spacial score (nSPS) is 12.5. The third-order valence-electron chi connectivity index (χ3n) is 2.64. The van der Waals surface area contributed by atoms with E-state index >= 15 is 0 Å². The summed E-state index contributed by atoms with van der Waals surface area (Å²) in [5.74, 6) is 0.156. The van der Waals surface area contributed by atoms with Gasteiger partial charge >= 0.3 is 5.97 Å². The van der Waals surface area contributed by atoms with Gasteiger partial charge in [-0.2, -0.15) is 0 Å². The van der Waals surface area contributed by atoms with E-state index in [1.165, 1.54) is 0 Å². The van der Waals surface area contributed by atoms with Crippen molar-refractivity contribution in [2.75, 3.05) is 6.61 Å². The monoisotopic (exact) mass is 256 g/mol. The van der Waals surface area contributed by atoms with Gasteiger partial charge in [-0.1, -0.05) is 31.5 Å². The summed E-state index contributed by atoms with van der Waals surface area (Å²) in [6, 6.07) is 7.11. The van der Waals surface area contributed by atoms with Gasteiger partial charge in [-0.05, 0) is 24.1 Å². The zero-order valence-electron chi connectivity index (χ0n) is 10.0. The van der Waals surface area contributed by atoms with E-state index in [1.807, 2.05) is 19.9 Å². The van der Waals surface area contributed by atoms with Crippen LogP contribution in [0.15, 0.2) is 24.3 Å². The first-order valence-electron chi connectivity index (χ1n) is 5.59. The molecule has 1 rings (SSSR count). The molecule has 0 saturated heterocycles. The zero-order chi connectivity index (χ0) is 12.8. The van der Waals surface area contributed by atoms with Crippen LogP contribution in [0.4, 0.5) is 0 Å². The second-order valence-corrected chi connectivity index (χ2v) is 4.81. The summed E-state index contributed by atoms with van der Waals surface area (Å²) in [6.45, 7) is 4.38. The second-order valence-electron chi connectivity index (χ2n) is 4.37. The lowest BCUT2D eigenvalue weighted by Gasteiger charge is -2.19. The maximum atomic E-state index is 10.7. The zero-order valence-corrected chi connectivity index (χ0v) is 10.8. The highest BCUT2D eigenvalue weighted by Crippen LogP contribution is 2.21. The Bertz CT molecular complexity index is 377. The first-order chi connectivity index (χ1) is 7.99. The summed E-state index contributed by atoms with van der Waals surface area (Å²) in [4.78, 5) is 10.7. The van der Waals surface area contributed by atoms with E-state index in [4.69, 9.17) is 21.4 Å². The molecule has 0 aliphatic rings. The summed E-state index contributed by atoms with van der Waals surface area (Å²) < 4.78 is 5.56. The van der Waals surface area contributed by atoms with Crippen molar-refractivity contribution in [3.63, 3.8) is 0 Å². The Balaban J connectivity index is 2.54. The van der Waals surface area contributed by atoms with Crippen molar-refractivity contribution in [3.8, 4) is 5.75 Å². The Morgan fingerprint density at radius 3 is 2.71 bits per heavy atom. The third kappa shape index (κ3) is 5.09. The average Bonchev–Trinajstić information content (AvgIpc) is 2.23. The Kier molecular flexibility index (Phi) is 5.29. The second kappa shape index (κ2) is 6.50. The molecular formula is C13H17ClO3. The molecule has 1 aromatic rings. The minimum atomic E-state index is -0.793. The van der Waals surface area contributed by atoms with Crippen molar-refractivity contribution in [1.29, 1.82) is 0 Å². The van der Waals surface area contributed by atoms with Crippen LogP contribution in [0.25, 0.3) is 0 Å². The van der Waals surface area contributed by atoms with Crippen LogP contribution in [-0.4, -0.2) is 17.7 Å². The topological polar surface area (TPSA) is 46.5 Å². The Morgan fingerprint density at radius 1 is 1.47 bits per heavy atom. The number of benzene rings is 1. The van der Waals surface area contributed by atoms with Crippen molar-refractivity contribution in [2.24, 2.45) is 11.8 Å². The summed E-state index contributed by atoms with van der Waals surface area (Å²) in [5.41, 5.74) is 0. The quantitative estimate of drug-likeness (QED) is 0.848. The first-order valence-corrected chi connectivity index (χ1v) is 5.97. The van der Waals surface area contributed by atoms with E-state index in [9.17, 15) is 4.79 Å². The number of halogens is 1. The van der Waals surface area contributed by atoms with Crippen LogP contribution < -0.4 is 4.74 Å². The molecule has 17 heavy (non-hydrogen) atoms. The largest absolute Gasteiger partial charge is 0.493 e. The number of ether oxygens (including phenoxy) is 1. The van der Waals surface area contributed by atoms with E-state index in [0.717, 1.165) is 0 Å². The number of carboxylic acid groups (broad SMARTS) is 1. The molecule has 0 aliphatic carbocycles. The smallest absolute Gasteiger partial charge is 0.303 e. The lowest BCUT2D eigenvalue weighted by atomic mass is 9.93.